The number of para-hydroxylation sites is 1. The number of carbonyl (C=O) groups excluding carboxylic acids is 1. The second-order valence-electron chi connectivity index (χ2n) is 11.4. The molecule has 2 fully saturated rings. The normalized spacial score (nSPS) is 19.3. The molecular weight excluding hydrogens is 604 g/mol. The van der Waals surface area contributed by atoms with Gasteiger partial charge in [-0.2, -0.15) is 26.3 Å². The van der Waals surface area contributed by atoms with Gasteiger partial charge in [-0.3, -0.25) is 14.6 Å². The minimum absolute atomic E-state index is 0.0310. The third kappa shape index (κ3) is 8.35. The summed E-state index contributed by atoms with van der Waals surface area (Å²) in [5.74, 6) is -0.882. The molecule has 5 rings (SSSR count). The van der Waals surface area contributed by atoms with E-state index < -0.39 is 41.0 Å². The zero-order chi connectivity index (χ0) is 32.2. The van der Waals surface area contributed by atoms with Crippen LogP contribution in [0.2, 0.25) is 0 Å². The minimum atomic E-state index is -5.06. The van der Waals surface area contributed by atoms with Crippen molar-refractivity contribution in [2.45, 2.75) is 31.7 Å². The molecule has 244 valence electrons. The molecule has 0 spiro atoms. The molecule has 1 N–H and O–H groups in total. The molecule has 3 aromatic rings. The quantitative estimate of drug-likeness (QED) is 0.149. The highest BCUT2D eigenvalue weighted by Gasteiger charge is 2.39. The predicted molar refractivity (Wildman–Crippen MR) is 156 cm³/mol. The Balaban J connectivity index is 1.34. The number of alkyl halides is 6. The van der Waals surface area contributed by atoms with Crippen LogP contribution in [0.1, 0.15) is 34.0 Å². The number of ether oxygens (including phenoxy) is 1. The van der Waals surface area contributed by atoms with E-state index in [1.54, 1.807) is 0 Å². The zero-order valence-corrected chi connectivity index (χ0v) is 24.8. The molecule has 1 amide bonds. The summed E-state index contributed by atoms with van der Waals surface area (Å²) < 4.78 is 86.7. The lowest BCUT2D eigenvalue weighted by molar-refractivity contribution is -0.143. The van der Waals surface area contributed by atoms with Crippen molar-refractivity contribution in [3.63, 3.8) is 0 Å². The maximum Gasteiger partial charge on any atom is 0.416 e. The van der Waals surface area contributed by atoms with E-state index in [4.69, 9.17) is 9.57 Å². The predicted octanol–water partition coefficient (Wildman–Crippen LogP) is 5.30. The lowest BCUT2D eigenvalue weighted by Crippen LogP contribution is -2.56. The molecule has 0 radical (unpaired) electrons. The molecule has 0 bridgehead atoms. The van der Waals surface area contributed by atoms with Crippen LogP contribution in [-0.4, -0.2) is 103 Å². The molecule has 2 aromatic carbocycles. The number of rotatable bonds is 9. The van der Waals surface area contributed by atoms with Gasteiger partial charge in [0, 0.05) is 74.5 Å². The van der Waals surface area contributed by atoms with Crippen molar-refractivity contribution >= 4 is 22.5 Å². The zero-order valence-electron chi connectivity index (χ0n) is 24.8. The number of carbonyl (C=O) groups is 1. The van der Waals surface area contributed by atoms with E-state index in [0.29, 0.717) is 63.7 Å². The largest absolute Gasteiger partial charge is 0.416 e. The Morgan fingerprint density at radius 1 is 0.978 bits per heavy atom. The molecule has 2 aliphatic rings. The van der Waals surface area contributed by atoms with Gasteiger partial charge in [0.05, 0.1) is 30.1 Å². The number of hydrogen-bond donors (Lipinski definition) is 1. The summed E-state index contributed by atoms with van der Waals surface area (Å²) >= 11 is 0. The molecule has 0 aliphatic carbocycles. The Bertz CT molecular complexity index is 1470. The molecule has 2 saturated heterocycles. The van der Waals surface area contributed by atoms with Crippen molar-refractivity contribution < 1.29 is 40.7 Å². The first-order valence-electron chi connectivity index (χ1n) is 14.7. The highest BCUT2D eigenvalue weighted by atomic mass is 19.4. The third-order valence-electron chi connectivity index (χ3n) is 8.07. The second kappa shape index (κ2) is 13.8. The molecule has 1 aromatic heterocycles. The lowest BCUT2D eigenvalue weighted by atomic mass is 9.98. The highest BCUT2D eigenvalue weighted by Crippen LogP contribution is 2.37. The number of benzene rings is 2. The summed E-state index contributed by atoms with van der Waals surface area (Å²) in [4.78, 5) is 28.1. The number of piperazine rings is 1. The van der Waals surface area contributed by atoms with E-state index in [9.17, 15) is 31.1 Å². The van der Waals surface area contributed by atoms with Gasteiger partial charge in [-0.25, -0.2) is 0 Å². The Labute approximate surface area is 256 Å². The van der Waals surface area contributed by atoms with Crippen LogP contribution in [0.3, 0.4) is 0 Å². The number of hydrogen-bond acceptors (Lipinski definition) is 6. The van der Waals surface area contributed by atoms with E-state index in [2.05, 4.69) is 19.9 Å². The average molecular weight is 640 g/mol. The number of oxime groups is 1. The molecule has 3 heterocycles. The fourth-order valence-corrected chi connectivity index (χ4v) is 5.81. The summed E-state index contributed by atoms with van der Waals surface area (Å²) in [6, 6.07) is 8.05. The first-order valence-corrected chi connectivity index (χ1v) is 14.7. The number of halogens is 6. The number of morpholine rings is 1. The van der Waals surface area contributed by atoms with Gasteiger partial charge in [-0.15, -0.1) is 0 Å². The van der Waals surface area contributed by atoms with E-state index in [-0.39, 0.29) is 12.6 Å². The van der Waals surface area contributed by atoms with Crippen molar-refractivity contribution in [1.82, 2.24) is 19.7 Å². The smallest absolute Gasteiger partial charge is 0.394 e. The second-order valence-corrected chi connectivity index (χ2v) is 11.4. The molecule has 45 heavy (non-hydrogen) atoms. The van der Waals surface area contributed by atoms with Crippen molar-refractivity contribution in [1.29, 1.82) is 0 Å². The van der Waals surface area contributed by atoms with E-state index in [0.717, 1.165) is 36.1 Å². The van der Waals surface area contributed by atoms with Gasteiger partial charge < -0.3 is 19.5 Å². The molecule has 8 nitrogen and oxygen atoms in total. The number of aromatic nitrogens is 1. The van der Waals surface area contributed by atoms with Gasteiger partial charge >= 0.3 is 12.4 Å². The van der Waals surface area contributed by atoms with Crippen LogP contribution in [0.25, 0.3) is 10.9 Å². The summed E-state index contributed by atoms with van der Waals surface area (Å²) in [7, 11) is 0. The van der Waals surface area contributed by atoms with Crippen molar-refractivity contribution in [3.05, 3.63) is 70.9 Å². The SMILES string of the molecule is C/C(CN1CCN(C(=O)c2cc(C(F)(F)F)cc(C(F)(F)F)c2)[C@H](Cc2c[nH]c3ccccc23)C1)=N\OCCN1CCOCC1. The Hall–Kier alpha value is -3.62. The fourth-order valence-electron chi connectivity index (χ4n) is 5.81. The maximum atomic E-state index is 13.7. The van der Waals surface area contributed by atoms with Crippen LogP contribution in [0, 0.1) is 0 Å². The lowest BCUT2D eigenvalue weighted by Gasteiger charge is -2.41. The minimum Gasteiger partial charge on any atom is -0.394 e. The summed E-state index contributed by atoms with van der Waals surface area (Å²) in [6.07, 6.45) is -7.96. The molecule has 0 unspecified atom stereocenters. The van der Waals surface area contributed by atoms with Crippen LogP contribution in [0.15, 0.2) is 53.8 Å². The van der Waals surface area contributed by atoms with Crippen LogP contribution in [-0.2, 0) is 28.3 Å². The first kappa shape index (κ1) is 32.8. The third-order valence-corrected chi connectivity index (χ3v) is 8.07. The number of aromatic amines is 1. The van der Waals surface area contributed by atoms with Crippen molar-refractivity contribution in [2.24, 2.45) is 5.16 Å². The van der Waals surface area contributed by atoms with E-state index in [1.165, 1.54) is 4.90 Å². The van der Waals surface area contributed by atoms with Crippen LogP contribution in [0.5, 0.6) is 0 Å². The monoisotopic (exact) mass is 639 g/mol. The first-order chi connectivity index (χ1) is 21.4. The number of nitrogens with one attached hydrogen (secondary N) is 1. The summed E-state index contributed by atoms with van der Waals surface area (Å²) in [6.45, 7) is 7.22. The molecule has 14 heteroatoms. The molecule has 2 aliphatic heterocycles. The van der Waals surface area contributed by atoms with Crippen LogP contribution < -0.4 is 0 Å². The standard InChI is InChI=1S/C31H35F6N5O3/c1-21(39-45-13-10-40-8-11-44-12-9-40)19-41-6-7-42(26(20-41)16-23-18-38-28-5-3-2-4-27(23)28)29(43)22-14-24(30(32,33)34)17-25(15-22)31(35,36)37/h2-5,14-15,17-18,26,38H,6-13,16,19-20H2,1H3/b39-21+/t26-/m1/s1. The van der Waals surface area contributed by atoms with E-state index >= 15 is 0 Å². The molecule has 1 atom stereocenters. The fraction of sp³-hybridized carbons (Fsp3) is 0.484. The van der Waals surface area contributed by atoms with Crippen LogP contribution in [0.4, 0.5) is 26.3 Å². The molecule has 0 saturated carbocycles. The Morgan fingerprint density at radius 3 is 2.36 bits per heavy atom. The average Bonchev–Trinajstić information content (AvgIpc) is 3.41. The van der Waals surface area contributed by atoms with Crippen molar-refractivity contribution in [2.75, 3.05) is 65.6 Å². The maximum absolute atomic E-state index is 13.7. The highest BCUT2D eigenvalue weighted by molar-refractivity contribution is 5.95. The van der Waals surface area contributed by atoms with Gasteiger partial charge in [-0.05, 0) is 43.2 Å². The van der Waals surface area contributed by atoms with E-state index in [1.807, 2.05) is 37.4 Å². The van der Waals surface area contributed by atoms with Crippen molar-refractivity contribution in [3.8, 4) is 0 Å². The van der Waals surface area contributed by atoms with Gasteiger partial charge in [0.2, 0.25) is 0 Å². The van der Waals surface area contributed by atoms with Gasteiger partial charge in [0.1, 0.15) is 6.61 Å². The summed E-state index contributed by atoms with van der Waals surface area (Å²) in [5.41, 5.74) is -1.23. The Kier molecular flexibility index (Phi) is 10.0. The molecular formula is C31H35F6N5O3. The summed E-state index contributed by atoms with van der Waals surface area (Å²) in [5, 5.41) is 5.15. The number of amides is 1. The van der Waals surface area contributed by atoms with Gasteiger partial charge in [0.25, 0.3) is 5.91 Å². The number of nitrogens with zero attached hydrogens (tertiary/aromatic N) is 4. The number of fused-ring (bicyclic) bond motifs is 1. The Morgan fingerprint density at radius 2 is 1.67 bits per heavy atom. The number of H-pyrrole nitrogens is 1. The van der Waals surface area contributed by atoms with Gasteiger partial charge in [-0.1, -0.05) is 23.4 Å². The van der Waals surface area contributed by atoms with Crippen LogP contribution >= 0.6 is 0 Å². The topological polar surface area (TPSA) is 73.4 Å². The van der Waals surface area contributed by atoms with Gasteiger partial charge in [0.15, 0.2) is 0 Å².